The first-order valence-electron chi connectivity index (χ1n) is 14.5. The standard InChI is InChI=1S/C35H38BrN3O4S/c1-5-37-35(41)33(22-28-11-7-6-8-12-28)38(23-29-16-18-30(36)19-17-29)34(40)24-39(32-13-9-10-26(3)27(32)4)44(42,43)31-20-14-25(2)15-21-31/h6-21,33H,5,22-24H2,1-4H3,(H,37,41). The second kappa shape index (κ2) is 14.7. The molecule has 1 N–H and O–H groups in total. The van der Waals surface area contributed by atoms with Gasteiger partial charge in [0.1, 0.15) is 12.6 Å². The van der Waals surface area contributed by atoms with Gasteiger partial charge in [0.25, 0.3) is 10.0 Å². The lowest BCUT2D eigenvalue weighted by Crippen LogP contribution is -2.53. The third-order valence-electron chi connectivity index (χ3n) is 7.62. The molecule has 4 rings (SSSR count). The minimum Gasteiger partial charge on any atom is -0.355 e. The van der Waals surface area contributed by atoms with Crippen LogP contribution in [0.5, 0.6) is 0 Å². The van der Waals surface area contributed by atoms with E-state index in [0.29, 0.717) is 12.2 Å². The van der Waals surface area contributed by atoms with Gasteiger partial charge in [0, 0.05) is 24.0 Å². The number of sulfonamides is 1. The number of hydrogen-bond donors (Lipinski definition) is 1. The van der Waals surface area contributed by atoms with E-state index < -0.39 is 28.5 Å². The predicted molar refractivity (Wildman–Crippen MR) is 179 cm³/mol. The maximum absolute atomic E-state index is 14.5. The first-order chi connectivity index (χ1) is 21.0. The summed E-state index contributed by atoms with van der Waals surface area (Å²) in [6.45, 7) is 7.49. The predicted octanol–water partition coefficient (Wildman–Crippen LogP) is 6.35. The summed E-state index contributed by atoms with van der Waals surface area (Å²) in [6, 6.07) is 28.1. The number of nitrogens with one attached hydrogen (secondary N) is 1. The molecule has 0 aliphatic heterocycles. The van der Waals surface area contributed by atoms with Gasteiger partial charge in [0.15, 0.2) is 0 Å². The van der Waals surface area contributed by atoms with Gasteiger partial charge in [0.05, 0.1) is 10.6 Å². The number of aryl methyl sites for hydroxylation is 2. The summed E-state index contributed by atoms with van der Waals surface area (Å²) in [6.07, 6.45) is 0.267. The van der Waals surface area contributed by atoms with Gasteiger partial charge in [-0.15, -0.1) is 0 Å². The van der Waals surface area contributed by atoms with Crippen molar-refractivity contribution >= 4 is 43.5 Å². The molecule has 0 radical (unpaired) electrons. The summed E-state index contributed by atoms with van der Waals surface area (Å²) in [5, 5.41) is 2.89. The van der Waals surface area contributed by atoms with Crippen LogP contribution in [0, 0.1) is 20.8 Å². The Balaban J connectivity index is 1.82. The number of likely N-dealkylation sites (N-methyl/N-ethyl adjacent to an activating group) is 1. The molecule has 4 aromatic carbocycles. The summed E-state index contributed by atoms with van der Waals surface area (Å²) in [5.74, 6) is -0.793. The van der Waals surface area contributed by atoms with Gasteiger partial charge in [-0.2, -0.15) is 0 Å². The van der Waals surface area contributed by atoms with Crippen LogP contribution in [0.25, 0.3) is 0 Å². The van der Waals surface area contributed by atoms with Crippen LogP contribution in [-0.2, 0) is 32.6 Å². The van der Waals surface area contributed by atoms with Crippen LogP contribution < -0.4 is 9.62 Å². The first kappa shape index (κ1) is 33.0. The Morgan fingerprint density at radius 2 is 1.48 bits per heavy atom. The van der Waals surface area contributed by atoms with Crippen LogP contribution in [0.2, 0.25) is 0 Å². The molecule has 0 aromatic heterocycles. The zero-order chi connectivity index (χ0) is 31.9. The molecule has 44 heavy (non-hydrogen) atoms. The number of halogens is 1. The van der Waals surface area contributed by atoms with E-state index in [1.807, 2.05) is 88.4 Å². The zero-order valence-electron chi connectivity index (χ0n) is 25.5. The molecule has 4 aromatic rings. The first-order valence-corrected chi connectivity index (χ1v) is 16.8. The van der Waals surface area contributed by atoms with Gasteiger partial charge in [-0.25, -0.2) is 8.42 Å². The van der Waals surface area contributed by atoms with Crippen molar-refractivity contribution in [3.05, 3.63) is 129 Å². The van der Waals surface area contributed by atoms with E-state index in [9.17, 15) is 18.0 Å². The van der Waals surface area contributed by atoms with Crippen molar-refractivity contribution in [2.45, 2.75) is 51.6 Å². The summed E-state index contributed by atoms with van der Waals surface area (Å²) in [4.78, 5) is 29.7. The smallest absolute Gasteiger partial charge is 0.264 e. The highest BCUT2D eigenvalue weighted by atomic mass is 79.9. The Morgan fingerprint density at radius 3 is 2.11 bits per heavy atom. The lowest BCUT2D eigenvalue weighted by Gasteiger charge is -2.34. The maximum atomic E-state index is 14.5. The molecule has 9 heteroatoms. The Morgan fingerprint density at radius 1 is 0.818 bits per heavy atom. The summed E-state index contributed by atoms with van der Waals surface area (Å²) in [7, 11) is -4.15. The second-order valence-corrected chi connectivity index (χ2v) is 13.6. The van der Waals surface area contributed by atoms with Crippen molar-refractivity contribution in [1.82, 2.24) is 10.2 Å². The van der Waals surface area contributed by atoms with Crippen LogP contribution in [0.1, 0.15) is 34.7 Å². The van der Waals surface area contributed by atoms with E-state index in [-0.39, 0.29) is 23.8 Å². The number of benzene rings is 4. The topological polar surface area (TPSA) is 86.8 Å². The van der Waals surface area contributed by atoms with Gasteiger partial charge in [0.2, 0.25) is 11.8 Å². The van der Waals surface area contributed by atoms with E-state index >= 15 is 0 Å². The highest BCUT2D eigenvalue weighted by Gasteiger charge is 2.35. The minimum absolute atomic E-state index is 0.0841. The van der Waals surface area contributed by atoms with Crippen LogP contribution >= 0.6 is 15.9 Å². The molecule has 230 valence electrons. The van der Waals surface area contributed by atoms with Gasteiger partial charge in [-0.3, -0.25) is 13.9 Å². The SMILES string of the molecule is CCNC(=O)C(Cc1ccccc1)N(Cc1ccc(Br)cc1)C(=O)CN(c1cccc(C)c1C)S(=O)(=O)c1ccc(C)cc1. The molecule has 0 spiro atoms. The lowest BCUT2D eigenvalue weighted by atomic mass is 10.0. The maximum Gasteiger partial charge on any atom is 0.264 e. The summed E-state index contributed by atoms with van der Waals surface area (Å²) >= 11 is 3.46. The monoisotopic (exact) mass is 675 g/mol. The Hall–Kier alpha value is -3.95. The van der Waals surface area contributed by atoms with Gasteiger partial charge < -0.3 is 10.2 Å². The minimum atomic E-state index is -4.15. The number of hydrogen-bond acceptors (Lipinski definition) is 4. The molecule has 0 aliphatic rings. The fourth-order valence-corrected chi connectivity index (χ4v) is 6.73. The van der Waals surface area contributed by atoms with Crippen LogP contribution in [0.4, 0.5) is 5.69 Å². The molecular weight excluding hydrogens is 638 g/mol. The normalized spacial score (nSPS) is 11.9. The Bertz CT molecular complexity index is 1690. The molecule has 0 heterocycles. The lowest BCUT2D eigenvalue weighted by molar-refractivity contribution is -0.140. The highest BCUT2D eigenvalue weighted by Crippen LogP contribution is 2.29. The zero-order valence-corrected chi connectivity index (χ0v) is 27.9. The van der Waals surface area contributed by atoms with E-state index in [1.165, 1.54) is 9.21 Å². The van der Waals surface area contributed by atoms with Crippen molar-refractivity contribution in [3.63, 3.8) is 0 Å². The van der Waals surface area contributed by atoms with Crippen molar-refractivity contribution in [1.29, 1.82) is 0 Å². The largest absolute Gasteiger partial charge is 0.355 e. The fraction of sp³-hybridized carbons (Fsp3) is 0.257. The second-order valence-electron chi connectivity index (χ2n) is 10.8. The molecule has 1 unspecified atom stereocenters. The van der Waals surface area contributed by atoms with Crippen molar-refractivity contribution in [3.8, 4) is 0 Å². The number of amides is 2. The highest BCUT2D eigenvalue weighted by molar-refractivity contribution is 9.10. The molecule has 0 fully saturated rings. The third-order valence-corrected chi connectivity index (χ3v) is 9.92. The van der Waals surface area contributed by atoms with Gasteiger partial charge in [-0.1, -0.05) is 88.2 Å². The number of anilines is 1. The van der Waals surface area contributed by atoms with E-state index in [0.717, 1.165) is 32.3 Å². The molecule has 0 saturated carbocycles. The molecule has 7 nitrogen and oxygen atoms in total. The van der Waals surface area contributed by atoms with Gasteiger partial charge in [-0.05, 0) is 80.3 Å². The third kappa shape index (κ3) is 7.95. The Kier molecular flexibility index (Phi) is 11.0. The molecule has 1 atom stereocenters. The molecule has 0 aliphatic carbocycles. The van der Waals surface area contributed by atoms with Crippen molar-refractivity contribution in [2.24, 2.45) is 0 Å². The number of carbonyl (C=O) groups excluding carboxylic acids is 2. The van der Waals surface area contributed by atoms with E-state index in [4.69, 9.17) is 0 Å². The Labute approximate surface area is 269 Å². The summed E-state index contributed by atoms with van der Waals surface area (Å²) in [5.41, 5.74) is 4.68. The number of carbonyl (C=O) groups is 2. The number of nitrogens with zero attached hydrogens (tertiary/aromatic N) is 2. The summed E-state index contributed by atoms with van der Waals surface area (Å²) < 4.78 is 30.5. The molecule has 0 bridgehead atoms. The van der Waals surface area contributed by atoms with Crippen molar-refractivity contribution < 1.29 is 18.0 Å². The molecule has 0 saturated heterocycles. The van der Waals surface area contributed by atoms with E-state index in [2.05, 4.69) is 21.2 Å². The van der Waals surface area contributed by atoms with Crippen LogP contribution in [0.15, 0.2) is 106 Å². The average molecular weight is 677 g/mol. The van der Waals surface area contributed by atoms with Gasteiger partial charge >= 0.3 is 0 Å². The van der Waals surface area contributed by atoms with E-state index in [1.54, 1.807) is 36.4 Å². The van der Waals surface area contributed by atoms with Crippen LogP contribution in [-0.4, -0.2) is 44.3 Å². The van der Waals surface area contributed by atoms with Crippen LogP contribution in [0.3, 0.4) is 0 Å². The quantitative estimate of drug-likeness (QED) is 0.190. The van der Waals surface area contributed by atoms with Crippen molar-refractivity contribution in [2.75, 3.05) is 17.4 Å². The fourth-order valence-electron chi connectivity index (χ4n) is 4.99. The molecular formula is C35H38BrN3O4S. The average Bonchev–Trinajstić information content (AvgIpc) is 3.01. The molecule has 2 amide bonds. The number of rotatable bonds is 12.